The average Bonchev–Trinajstić information content (AvgIpc) is 2.73. The fourth-order valence-electron chi connectivity index (χ4n) is 3.07. The molecule has 13 heteroatoms. The molecule has 1 aromatic carbocycles. The number of fused-ring (bicyclic) bond motifs is 1. The fraction of sp³-hybridized carbons (Fsp3) is 0.476. The van der Waals surface area contributed by atoms with Crippen molar-refractivity contribution >= 4 is 28.9 Å². The highest BCUT2D eigenvalue weighted by Crippen LogP contribution is 2.30. The Kier molecular flexibility index (Phi) is 8.27. The normalized spacial score (nSPS) is 11.1. The third-order valence-electron chi connectivity index (χ3n) is 4.53. The van der Waals surface area contributed by atoms with Crippen molar-refractivity contribution in [2.24, 2.45) is 0 Å². The van der Waals surface area contributed by atoms with Crippen LogP contribution in [0.3, 0.4) is 0 Å². The van der Waals surface area contributed by atoms with Crippen LogP contribution in [0.5, 0.6) is 11.5 Å². The molecule has 0 fully saturated rings. The molecule has 186 valence electrons. The molecule has 0 bridgehead atoms. The van der Waals surface area contributed by atoms with Crippen LogP contribution in [0, 0.1) is 0 Å². The smallest absolute Gasteiger partial charge is 0.407 e. The number of alkyl carbamates (subject to hydrolysis) is 1. The first-order valence-electron chi connectivity index (χ1n) is 10.2. The molecule has 2 rings (SSSR count). The maximum Gasteiger partial charge on any atom is 0.407 e. The number of carbonyl (C=O) groups is 3. The Morgan fingerprint density at radius 3 is 2.29 bits per heavy atom. The number of carbonyl (C=O) groups excluding carboxylic acids is 2. The molecule has 0 radical (unpaired) electrons. The summed E-state index contributed by atoms with van der Waals surface area (Å²) in [6, 6.07) is 2.75. The van der Waals surface area contributed by atoms with Gasteiger partial charge in [-0.2, -0.15) is 0 Å². The van der Waals surface area contributed by atoms with Gasteiger partial charge in [0.05, 0.1) is 25.1 Å². The molecule has 2 aromatic rings. The summed E-state index contributed by atoms with van der Waals surface area (Å²) in [7, 11) is 2.75. The molecule has 0 saturated carbocycles. The van der Waals surface area contributed by atoms with Crippen molar-refractivity contribution in [3.63, 3.8) is 0 Å². The molecule has 2 amide bonds. The second-order valence-electron chi connectivity index (χ2n) is 8.21. The number of benzene rings is 1. The molecule has 0 unspecified atom stereocenters. The van der Waals surface area contributed by atoms with Crippen LogP contribution in [-0.4, -0.2) is 77.0 Å². The van der Waals surface area contributed by atoms with Crippen LogP contribution in [0.2, 0.25) is 0 Å². The molecule has 0 aliphatic rings. The first-order valence-corrected chi connectivity index (χ1v) is 10.2. The van der Waals surface area contributed by atoms with E-state index >= 15 is 0 Å². The average molecular weight is 480 g/mol. The Morgan fingerprint density at radius 1 is 1.12 bits per heavy atom. The molecule has 0 spiro atoms. The summed E-state index contributed by atoms with van der Waals surface area (Å²) in [6.45, 7) is 3.58. The minimum absolute atomic E-state index is 0.0708. The number of methoxy groups -OCH3 is 2. The Bertz CT molecular complexity index is 1190. The van der Waals surface area contributed by atoms with E-state index < -0.39 is 47.9 Å². The predicted molar refractivity (Wildman–Crippen MR) is 120 cm³/mol. The Hall–Kier alpha value is -4.03. The summed E-state index contributed by atoms with van der Waals surface area (Å²) in [5.41, 5.74) is -2.17. The lowest BCUT2D eigenvalue weighted by atomic mass is 10.2. The van der Waals surface area contributed by atoms with Crippen molar-refractivity contribution in [2.45, 2.75) is 32.9 Å². The van der Waals surface area contributed by atoms with Gasteiger partial charge in [-0.25, -0.2) is 9.59 Å². The predicted octanol–water partition coefficient (Wildman–Crippen LogP) is 0.145. The van der Waals surface area contributed by atoms with E-state index in [1.807, 2.05) is 0 Å². The van der Waals surface area contributed by atoms with Gasteiger partial charge in [-0.3, -0.25) is 23.9 Å². The highest BCUT2D eigenvalue weighted by molar-refractivity contribution is 5.85. The van der Waals surface area contributed by atoms with Crippen molar-refractivity contribution in [2.75, 3.05) is 33.9 Å². The van der Waals surface area contributed by atoms with Crippen LogP contribution < -0.4 is 26.0 Å². The maximum absolute atomic E-state index is 12.9. The van der Waals surface area contributed by atoms with Crippen LogP contribution in [0.1, 0.15) is 20.8 Å². The number of carboxylic acids is 1. The van der Waals surface area contributed by atoms with E-state index in [0.29, 0.717) is 0 Å². The van der Waals surface area contributed by atoms with Gasteiger partial charge in [0.25, 0.3) is 5.56 Å². The number of H-pyrrole nitrogens is 1. The first-order chi connectivity index (χ1) is 15.9. The van der Waals surface area contributed by atoms with E-state index in [0.717, 1.165) is 9.47 Å². The van der Waals surface area contributed by atoms with Gasteiger partial charge in [0.1, 0.15) is 18.7 Å². The minimum Gasteiger partial charge on any atom is -0.493 e. The molecule has 0 aliphatic heterocycles. The number of ether oxygens (including phenoxy) is 3. The number of rotatable bonds is 9. The molecule has 1 aromatic heterocycles. The van der Waals surface area contributed by atoms with Gasteiger partial charge in [-0.15, -0.1) is 0 Å². The zero-order valence-electron chi connectivity index (χ0n) is 19.6. The highest BCUT2D eigenvalue weighted by Gasteiger charge is 2.21. The van der Waals surface area contributed by atoms with Crippen molar-refractivity contribution < 1.29 is 33.7 Å². The second kappa shape index (κ2) is 10.7. The van der Waals surface area contributed by atoms with Crippen molar-refractivity contribution in [1.29, 1.82) is 0 Å². The molecule has 13 nitrogen and oxygen atoms in total. The summed E-state index contributed by atoms with van der Waals surface area (Å²) < 4.78 is 16.5. The van der Waals surface area contributed by atoms with E-state index in [-0.39, 0.29) is 35.5 Å². The third kappa shape index (κ3) is 6.73. The van der Waals surface area contributed by atoms with E-state index in [4.69, 9.17) is 14.2 Å². The molecular weight excluding hydrogens is 452 g/mol. The lowest BCUT2D eigenvalue weighted by Gasteiger charge is -2.23. The summed E-state index contributed by atoms with van der Waals surface area (Å²) in [5.74, 6) is -1.53. The quantitative estimate of drug-likeness (QED) is 0.452. The number of aliphatic carboxylic acids is 1. The van der Waals surface area contributed by atoms with Crippen LogP contribution in [-0.2, 0) is 20.9 Å². The van der Waals surface area contributed by atoms with Crippen LogP contribution in [0.4, 0.5) is 4.79 Å². The van der Waals surface area contributed by atoms with Crippen molar-refractivity contribution in [1.82, 2.24) is 19.8 Å². The van der Waals surface area contributed by atoms with E-state index in [1.165, 1.54) is 26.4 Å². The lowest BCUT2D eigenvalue weighted by Crippen LogP contribution is -2.45. The Morgan fingerprint density at radius 2 is 1.74 bits per heavy atom. The zero-order valence-corrected chi connectivity index (χ0v) is 19.6. The first kappa shape index (κ1) is 26.2. The van der Waals surface area contributed by atoms with Gasteiger partial charge < -0.3 is 29.5 Å². The fourth-order valence-corrected chi connectivity index (χ4v) is 3.07. The monoisotopic (exact) mass is 480 g/mol. The van der Waals surface area contributed by atoms with Gasteiger partial charge in [-0.05, 0) is 26.8 Å². The second-order valence-corrected chi connectivity index (χ2v) is 8.21. The largest absolute Gasteiger partial charge is 0.493 e. The number of hydrogen-bond acceptors (Lipinski definition) is 8. The molecule has 34 heavy (non-hydrogen) atoms. The van der Waals surface area contributed by atoms with Crippen LogP contribution in [0.15, 0.2) is 21.7 Å². The number of nitrogens with one attached hydrogen (secondary N) is 2. The Balaban J connectivity index is 2.31. The Labute approximate surface area is 194 Å². The van der Waals surface area contributed by atoms with Gasteiger partial charge in [0.2, 0.25) is 5.91 Å². The lowest BCUT2D eigenvalue weighted by molar-refractivity contribution is -0.144. The SMILES string of the molecule is COc1cc2c(=O)[nH]c(=O)n(CC(=O)N(CCNC(=O)OC(C)(C)C)CC(=O)O)c2cc1OC. The van der Waals surface area contributed by atoms with E-state index in [9.17, 15) is 29.1 Å². The zero-order chi connectivity index (χ0) is 25.6. The number of hydrogen-bond donors (Lipinski definition) is 3. The number of carboxylic acid groups (broad SMARTS) is 1. The number of amides is 2. The summed E-state index contributed by atoms with van der Waals surface area (Å²) >= 11 is 0. The summed E-state index contributed by atoms with van der Waals surface area (Å²) in [5, 5.41) is 11.7. The van der Waals surface area contributed by atoms with Gasteiger partial charge in [0, 0.05) is 19.2 Å². The van der Waals surface area contributed by atoms with Crippen LogP contribution >= 0.6 is 0 Å². The number of aromatic amines is 1. The third-order valence-corrected chi connectivity index (χ3v) is 4.53. The maximum atomic E-state index is 12.9. The van der Waals surface area contributed by atoms with Crippen LogP contribution in [0.25, 0.3) is 10.9 Å². The number of aromatic nitrogens is 2. The molecule has 3 N–H and O–H groups in total. The molecule has 0 aliphatic carbocycles. The molecular formula is C21H28N4O9. The standard InChI is InChI=1S/C21H28N4O9/c1-21(2,3)34-20(31)22-6-7-24(11-17(27)28)16(26)10-25-13-9-15(33-5)14(32-4)8-12(13)18(29)23-19(25)30/h8-9H,6-7,10-11H2,1-5H3,(H,22,31)(H,27,28)(H,23,29,30). The summed E-state index contributed by atoms with van der Waals surface area (Å²) in [4.78, 5) is 63.9. The molecule has 0 atom stereocenters. The van der Waals surface area contributed by atoms with E-state index in [2.05, 4.69) is 10.3 Å². The molecule has 0 saturated heterocycles. The van der Waals surface area contributed by atoms with Crippen molar-refractivity contribution in [3.05, 3.63) is 33.0 Å². The number of nitrogens with zero attached hydrogens (tertiary/aromatic N) is 2. The minimum atomic E-state index is -1.28. The van der Waals surface area contributed by atoms with Gasteiger partial charge >= 0.3 is 17.8 Å². The highest BCUT2D eigenvalue weighted by atomic mass is 16.6. The summed E-state index contributed by atoms with van der Waals surface area (Å²) in [6.07, 6.45) is -0.723. The van der Waals surface area contributed by atoms with Gasteiger partial charge in [0.15, 0.2) is 11.5 Å². The van der Waals surface area contributed by atoms with Crippen molar-refractivity contribution in [3.8, 4) is 11.5 Å². The van der Waals surface area contributed by atoms with Gasteiger partial charge in [-0.1, -0.05) is 0 Å². The molecule has 1 heterocycles. The van der Waals surface area contributed by atoms with E-state index in [1.54, 1.807) is 20.8 Å². The topological polar surface area (TPSA) is 169 Å².